The van der Waals surface area contributed by atoms with E-state index in [1.807, 2.05) is 30.9 Å². The van der Waals surface area contributed by atoms with E-state index in [4.69, 9.17) is 12.8 Å². The first kappa shape index (κ1) is 11.2. The molecule has 1 rings (SSSR count). The summed E-state index contributed by atoms with van der Waals surface area (Å²) in [4.78, 5) is 2.03. The highest BCUT2D eigenvalue weighted by atomic mass is 15.1. The van der Waals surface area contributed by atoms with Gasteiger partial charge in [0.15, 0.2) is 0 Å². The Balaban J connectivity index is 3.12. The summed E-state index contributed by atoms with van der Waals surface area (Å²) in [5, 5.41) is 0. The smallest absolute Gasteiger partial charge is 0.0801 e. The van der Waals surface area contributed by atoms with Gasteiger partial charge in [-0.2, -0.15) is 0 Å². The largest absolute Gasteiger partial charge is 0.349 e. The van der Waals surface area contributed by atoms with Crippen molar-refractivity contribution >= 4 is 5.69 Å². The quantitative estimate of drug-likeness (QED) is 0.670. The van der Waals surface area contributed by atoms with Crippen LogP contribution in [0.2, 0.25) is 0 Å². The molecule has 0 N–H and O–H groups in total. The fourth-order valence-electron chi connectivity index (χ4n) is 1.67. The lowest BCUT2D eigenvalue weighted by molar-refractivity contribution is 0.969. The molecule has 1 heteroatoms. The van der Waals surface area contributed by atoms with E-state index >= 15 is 0 Å². The van der Waals surface area contributed by atoms with E-state index in [0.29, 0.717) is 13.1 Å². The maximum absolute atomic E-state index is 5.33. The molecule has 0 aromatic heterocycles. The van der Waals surface area contributed by atoms with E-state index in [1.54, 1.807) is 0 Å². The zero-order chi connectivity index (χ0) is 11.3. The van der Waals surface area contributed by atoms with Gasteiger partial charge < -0.3 is 4.90 Å². The minimum atomic E-state index is 0.538. The molecule has 0 aliphatic heterocycles. The second kappa shape index (κ2) is 5.13. The number of benzene rings is 1. The molecule has 0 spiro atoms. The highest BCUT2D eigenvalue weighted by molar-refractivity contribution is 5.59. The predicted molar refractivity (Wildman–Crippen MR) is 64.6 cm³/mol. The topological polar surface area (TPSA) is 3.24 Å². The number of rotatable bonds is 3. The van der Waals surface area contributed by atoms with Gasteiger partial charge in [0.25, 0.3) is 0 Å². The SMILES string of the molecule is C#CCN(CC#C)c1c(C)c[c]cc1C. The molecule has 0 bridgehead atoms. The highest BCUT2D eigenvalue weighted by Crippen LogP contribution is 2.23. The van der Waals surface area contributed by atoms with E-state index in [9.17, 15) is 0 Å². The van der Waals surface area contributed by atoms with Crippen LogP contribution in [0.25, 0.3) is 0 Å². The summed E-state index contributed by atoms with van der Waals surface area (Å²) in [7, 11) is 0. The maximum atomic E-state index is 5.33. The Bertz CT molecular complexity index is 382. The van der Waals surface area contributed by atoms with Gasteiger partial charge in [0.05, 0.1) is 13.1 Å². The van der Waals surface area contributed by atoms with Gasteiger partial charge in [-0.1, -0.05) is 11.8 Å². The minimum absolute atomic E-state index is 0.538. The summed E-state index contributed by atoms with van der Waals surface area (Å²) in [6, 6.07) is 6.97. The fourth-order valence-corrected chi connectivity index (χ4v) is 1.67. The third-order valence-electron chi connectivity index (χ3n) is 2.23. The van der Waals surface area contributed by atoms with Gasteiger partial charge in [-0.25, -0.2) is 0 Å². The average molecular weight is 196 g/mol. The molecular weight excluding hydrogens is 182 g/mol. The lowest BCUT2D eigenvalue weighted by Crippen LogP contribution is -2.25. The first-order valence-corrected chi connectivity index (χ1v) is 4.80. The molecule has 0 fully saturated rings. The third kappa shape index (κ3) is 2.55. The first-order valence-electron chi connectivity index (χ1n) is 4.80. The van der Waals surface area contributed by atoms with Gasteiger partial charge >= 0.3 is 0 Å². The first-order chi connectivity index (χ1) is 7.20. The number of anilines is 1. The van der Waals surface area contributed by atoms with Gasteiger partial charge in [-0.3, -0.25) is 0 Å². The molecule has 0 saturated heterocycles. The summed E-state index contributed by atoms with van der Waals surface area (Å²) in [6.07, 6.45) is 10.7. The molecule has 1 aromatic carbocycles. The van der Waals surface area contributed by atoms with Crippen molar-refractivity contribution in [3.05, 3.63) is 29.3 Å². The Morgan fingerprint density at radius 3 is 2.00 bits per heavy atom. The Hall–Kier alpha value is -1.86. The average Bonchev–Trinajstić information content (AvgIpc) is 2.18. The monoisotopic (exact) mass is 196 g/mol. The minimum Gasteiger partial charge on any atom is -0.349 e. The molecule has 15 heavy (non-hydrogen) atoms. The summed E-state index contributed by atoms with van der Waals surface area (Å²) in [6.45, 7) is 5.16. The molecule has 1 radical (unpaired) electrons. The van der Waals surface area contributed by atoms with Crippen molar-refractivity contribution in [2.45, 2.75) is 13.8 Å². The summed E-state index contributed by atoms with van der Waals surface area (Å²) in [5.74, 6) is 5.25. The highest BCUT2D eigenvalue weighted by Gasteiger charge is 2.09. The van der Waals surface area contributed by atoms with Crippen LogP contribution in [0.5, 0.6) is 0 Å². The van der Waals surface area contributed by atoms with E-state index in [-0.39, 0.29) is 0 Å². The normalized spacial score (nSPS) is 9.07. The van der Waals surface area contributed by atoms with Gasteiger partial charge in [0.2, 0.25) is 0 Å². The van der Waals surface area contributed by atoms with Crippen LogP contribution in [0.1, 0.15) is 11.1 Å². The molecule has 1 aromatic rings. The second-order valence-corrected chi connectivity index (χ2v) is 3.43. The zero-order valence-electron chi connectivity index (χ0n) is 9.17. The van der Waals surface area contributed by atoms with E-state index < -0.39 is 0 Å². The van der Waals surface area contributed by atoms with Gasteiger partial charge in [0, 0.05) is 5.69 Å². The van der Waals surface area contributed by atoms with E-state index in [1.165, 1.54) is 0 Å². The van der Waals surface area contributed by atoms with Crippen molar-refractivity contribution in [3.8, 4) is 24.7 Å². The van der Waals surface area contributed by atoms with Crippen LogP contribution >= 0.6 is 0 Å². The Labute approximate surface area is 92.1 Å². The van der Waals surface area contributed by atoms with Crippen LogP contribution < -0.4 is 4.90 Å². The van der Waals surface area contributed by atoms with Crippen molar-refractivity contribution in [1.82, 2.24) is 0 Å². The second-order valence-electron chi connectivity index (χ2n) is 3.43. The molecule has 1 nitrogen and oxygen atoms in total. The van der Waals surface area contributed by atoms with E-state index in [0.717, 1.165) is 16.8 Å². The summed E-state index contributed by atoms with van der Waals surface area (Å²) >= 11 is 0. The molecule has 75 valence electrons. The molecule has 0 heterocycles. The summed E-state index contributed by atoms with van der Waals surface area (Å²) < 4.78 is 0. The molecule has 0 saturated carbocycles. The number of terminal acetylenes is 2. The molecule has 0 amide bonds. The van der Waals surface area contributed by atoms with Crippen LogP contribution in [-0.4, -0.2) is 13.1 Å². The number of hydrogen-bond acceptors (Lipinski definition) is 1. The van der Waals surface area contributed by atoms with Crippen LogP contribution in [0.15, 0.2) is 12.1 Å². The van der Waals surface area contributed by atoms with Crippen molar-refractivity contribution in [2.24, 2.45) is 0 Å². The van der Waals surface area contributed by atoms with Crippen LogP contribution in [0, 0.1) is 44.6 Å². The van der Waals surface area contributed by atoms with E-state index in [2.05, 4.69) is 17.9 Å². The lowest BCUT2D eigenvalue weighted by Gasteiger charge is -2.23. The Morgan fingerprint density at radius 2 is 1.60 bits per heavy atom. The Morgan fingerprint density at radius 1 is 1.13 bits per heavy atom. The standard InChI is InChI=1S/C14H14N/c1-5-10-15(11-6-2)14-12(3)8-7-9-13(14)4/h1-2,8-9H,10-11H2,3-4H3. The number of hydrogen-bond donors (Lipinski definition) is 0. The maximum Gasteiger partial charge on any atom is 0.0801 e. The summed E-state index contributed by atoms with van der Waals surface area (Å²) in [5.41, 5.74) is 3.44. The molecular formula is C14H14N. The lowest BCUT2D eigenvalue weighted by atomic mass is 10.1. The van der Waals surface area contributed by atoms with Gasteiger partial charge in [-0.05, 0) is 43.2 Å². The predicted octanol–water partition coefficient (Wildman–Crippen LogP) is 2.18. The van der Waals surface area contributed by atoms with Gasteiger partial charge in [-0.15, -0.1) is 12.8 Å². The Kier molecular flexibility index (Phi) is 3.83. The number of nitrogens with zero attached hydrogens (tertiary/aromatic N) is 1. The zero-order valence-corrected chi connectivity index (χ0v) is 9.17. The molecule has 0 aliphatic carbocycles. The van der Waals surface area contributed by atoms with Crippen molar-refractivity contribution in [3.63, 3.8) is 0 Å². The van der Waals surface area contributed by atoms with Gasteiger partial charge in [0.1, 0.15) is 0 Å². The molecule has 0 atom stereocenters. The van der Waals surface area contributed by atoms with Crippen molar-refractivity contribution in [1.29, 1.82) is 0 Å². The number of aryl methyl sites for hydroxylation is 2. The van der Waals surface area contributed by atoms with Crippen molar-refractivity contribution < 1.29 is 0 Å². The molecule has 0 aliphatic rings. The fraction of sp³-hybridized carbons (Fsp3) is 0.286. The van der Waals surface area contributed by atoms with Crippen molar-refractivity contribution in [2.75, 3.05) is 18.0 Å². The molecule has 0 unspecified atom stereocenters. The van der Waals surface area contributed by atoms with Crippen LogP contribution in [0.3, 0.4) is 0 Å². The van der Waals surface area contributed by atoms with Crippen LogP contribution in [0.4, 0.5) is 5.69 Å². The third-order valence-corrected chi connectivity index (χ3v) is 2.23. The van der Waals surface area contributed by atoms with Crippen LogP contribution in [-0.2, 0) is 0 Å².